The molecule has 1 saturated heterocycles. The van der Waals surface area contributed by atoms with E-state index < -0.39 is 24.4 Å². The van der Waals surface area contributed by atoms with E-state index in [1.54, 1.807) is 23.7 Å². The van der Waals surface area contributed by atoms with E-state index in [9.17, 15) is 18.7 Å². The molecule has 12 heteroatoms. The van der Waals surface area contributed by atoms with Crippen LogP contribution >= 0.6 is 0 Å². The number of nitrogens with one attached hydrogen (secondary N) is 1. The van der Waals surface area contributed by atoms with Crippen LogP contribution in [0.4, 0.5) is 24.8 Å². The zero-order chi connectivity index (χ0) is 27.8. The van der Waals surface area contributed by atoms with Gasteiger partial charge in [0, 0.05) is 53.8 Å². The van der Waals surface area contributed by atoms with Crippen LogP contribution in [0.3, 0.4) is 0 Å². The molecular weight excluding hydrogens is 511 g/mol. The van der Waals surface area contributed by atoms with Gasteiger partial charge in [0.05, 0.1) is 0 Å². The number of rotatable bonds is 6. The number of alkyl halides is 2. The van der Waals surface area contributed by atoms with Crippen molar-refractivity contribution in [1.29, 1.82) is 0 Å². The number of imidazole rings is 1. The van der Waals surface area contributed by atoms with E-state index in [1.807, 2.05) is 4.90 Å². The summed E-state index contributed by atoms with van der Waals surface area (Å²) < 4.78 is 43.2. The molecule has 4 aromatic rings. The van der Waals surface area contributed by atoms with E-state index >= 15 is 4.39 Å². The molecule has 39 heavy (non-hydrogen) atoms. The molecule has 1 aromatic carbocycles. The number of aromatic nitrogens is 4. The number of piperidine rings is 1. The van der Waals surface area contributed by atoms with Crippen LogP contribution in [0.25, 0.3) is 16.8 Å². The summed E-state index contributed by atoms with van der Waals surface area (Å²) in [6.07, 6.45) is 2.78. The number of aliphatic hydroxyl groups is 1. The summed E-state index contributed by atoms with van der Waals surface area (Å²) in [6, 6.07) is 6.32. The smallest absolute Gasteiger partial charge is 0.264 e. The number of nitrogen functional groups attached to an aromatic ring is 1. The van der Waals surface area contributed by atoms with Crippen molar-refractivity contribution in [2.45, 2.75) is 51.3 Å². The Morgan fingerprint density at radius 3 is 2.69 bits per heavy atom. The van der Waals surface area contributed by atoms with Gasteiger partial charge >= 0.3 is 0 Å². The Balaban J connectivity index is 1.48. The molecule has 1 aliphatic heterocycles. The van der Waals surface area contributed by atoms with Crippen LogP contribution in [-0.2, 0) is 0 Å². The molecular formula is C27H28F3N7O2. The summed E-state index contributed by atoms with van der Waals surface area (Å²) in [4.78, 5) is 27.6. The fourth-order valence-corrected chi connectivity index (χ4v) is 5.12. The first-order valence-corrected chi connectivity index (χ1v) is 12.6. The number of hydrogen-bond donors (Lipinski definition) is 3. The maximum Gasteiger partial charge on any atom is 0.264 e. The molecule has 1 amide bonds. The molecule has 4 heterocycles. The quantitative estimate of drug-likeness (QED) is 0.327. The van der Waals surface area contributed by atoms with Crippen LogP contribution < -0.4 is 11.1 Å². The lowest BCUT2D eigenvalue weighted by atomic mass is 9.92. The van der Waals surface area contributed by atoms with Gasteiger partial charge in [-0.05, 0) is 57.0 Å². The second-order valence-corrected chi connectivity index (χ2v) is 9.73. The number of likely N-dealkylation sites (tertiary alicyclic amines) is 1. The molecule has 1 aliphatic rings. The topological polar surface area (TPSA) is 122 Å². The highest BCUT2D eigenvalue weighted by Gasteiger charge is 2.32. The minimum Gasteiger partial charge on any atom is -0.382 e. The molecule has 3 aromatic heterocycles. The Kier molecular flexibility index (Phi) is 7.23. The van der Waals surface area contributed by atoms with Gasteiger partial charge in [0.1, 0.15) is 40.7 Å². The van der Waals surface area contributed by atoms with Gasteiger partial charge in [-0.1, -0.05) is 0 Å². The van der Waals surface area contributed by atoms with Crippen molar-refractivity contribution in [1.82, 2.24) is 24.3 Å². The molecule has 1 fully saturated rings. The van der Waals surface area contributed by atoms with Crippen LogP contribution in [0.5, 0.6) is 0 Å². The van der Waals surface area contributed by atoms with E-state index in [1.165, 1.54) is 12.1 Å². The third kappa shape index (κ3) is 5.17. The van der Waals surface area contributed by atoms with Gasteiger partial charge in [0.25, 0.3) is 12.3 Å². The SMILES string of the molecule is CC(O)N1C[C@H](c2nc(-c3ccc(C(=O)Nc4cc(C(F)F)ccn4)cc3F)c3c(N)nccn23)CC[C@@H]1C. The fourth-order valence-electron chi connectivity index (χ4n) is 5.12. The number of halogens is 3. The normalized spacial score (nSPS) is 18.9. The molecule has 9 nitrogen and oxygen atoms in total. The highest BCUT2D eigenvalue weighted by Crippen LogP contribution is 2.36. The first-order valence-electron chi connectivity index (χ1n) is 12.6. The largest absolute Gasteiger partial charge is 0.382 e. The van der Waals surface area contributed by atoms with E-state index in [2.05, 4.69) is 22.2 Å². The van der Waals surface area contributed by atoms with Gasteiger partial charge in [-0.3, -0.25) is 14.1 Å². The molecule has 0 bridgehead atoms. The Bertz CT molecular complexity index is 1520. The number of anilines is 2. The number of amides is 1. The molecule has 5 rings (SSSR count). The van der Waals surface area contributed by atoms with Crippen LogP contribution in [0.2, 0.25) is 0 Å². The van der Waals surface area contributed by atoms with Crippen molar-refractivity contribution in [2.24, 2.45) is 0 Å². The summed E-state index contributed by atoms with van der Waals surface area (Å²) in [5.41, 5.74) is 6.76. The third-order valence-electron chi connectivity index (χ3n) is 7.15. The highest BCUT2D eigenvalue weighted by molar-refractivity contribution is 6.04. The Morgan fingerprint density at radius 2 is 1.97 bits per heavy atom. The van der Waals surface area contributed by atoms with Crippen molar-refractivity contribution in [3.63, 3.8) is 0 Å². The second-order valence-electron chi connectivity index (χ2n) is 9.73. The van der Waals surface area contributed by atoms with E-state index in [0.29, 0.717) is 17.9 Å². The molecule has 4 N–H and O–H groups in total. The average molecular weight is 540 g/mol. The van der Waals surface area contributed by atoms with E-state index in [4.69, 9.17) is 10.7 Å². The number of carbonyl (C=O) groups is 1. The number of carbonyl (C=O) groups excluding carboxylic acids is 1. The Morgan fingerprint density at radius 1 is 1.18 bits per heavy atom. The van der Waals surface area contributed by atoms with Crippen LogP contribution in [0.15, 0.2) is 48.9 Å². The lowest BCUT2D eigenvalue weighted by Crippen LogP contribution is -2.46. The Hall–Kier alpha value is -4.03. The van der Waals surface area contributed by atoms with Gasteiger partial charge < -0.3 is 16.2 Å². The van der Waals surface area contributed by atoms with Gasteiger partial charge in [-0.15, -0.1) is 0 Å². The standard InChI is InChI=1S/C27H28F3N7O2/c1-14-3-4-18(13-37(14)15(2)38)26-35-22(23-25(31)33-9-10-36(23)26)19-6-5-17(11-20(19)28)27(39)34-21-12-16(24(29)30)7-8-32-21/h5-12,14-15,18,24,38H,3-4,13H2,1-2H3,(H2,31,33)(H,32,34,39)/t14-,15?,18+/m0/s1. The summed E-state index contributed by atoms with van der Waals surface area (Å²) in [5.74, 6) is -0.672. The Labute approximate surface area is 222 Å². The van der Waals surface area contributed by atoms with Gasteiger partial charge in [0.15, 0.2) is 0 Å². The number of nitrogens with two attached hydrogens (primary N) is 1. The predicted octanol–water partition coefficient (Wildman–Crippen LogP) is 4.61. The lowest BCUT2D eigenvalue weighted by Gasteiger charge is -2.39. The van der Waals surface area contributed by atoms with Crippen molar-refractivity contribution >= 4 is 23.1 Å². The maximum absolute atomic E-state index is 15.5. The summed E-state index contributed by atoms with van der Waals surface area (Å²) in [6.45, 7) is 4.37. The number of hydrogen-bond acceptors (Lipinski definition) is 7. The van der Waals surface area contributed by atoms with E-state index in [0.717, 1.165) is 37.2 Å². The number of benzene rings is 1. The molecule has 204 valence electrons. The lowest BCUT2D eigenvalue weighted by molar-refractivity contribution is -0.0290. The number of fused-ring (bicyclic) bond motifs is 1. The van der Waals surface area contributed by atoms with Gasteiger partial charge in [-0.25, -0.2) is 28.1 Å². The minimum absolute atomic E-state index is 0.0239. The first-order chi connectivity index (χ1) is 18.6. The molecule has 0 spiro atoms. The van der Waals surface area contributed by atoms with Gasteiger partial charge in [0.2, 0.25) is 0 Å². The molecule has 0 radical (unpaired) electrons. The zero-order valence-corrected chi connectivity index (χ0v) is 21.4. The van der Waals surface area contributed by atoms with Gasteiger partial charge in [-0.2, -0.15) is 0 Å². The number of pyridine rings is 1. The highest BCUT2D eigenvalue weighted by atomic mass is 19.3. The van der Waals surface area contributed by atoms with Crippen molar-refractivity contribution in [3.05, 3.63) is 71.7 Å². The first kappa shape index (κ1) is 26.6. The predicted molar refractivity (Wildman–Crippen MR) is 140 cm³/mol. The zero-order valence-electron chi connectivity index (χ0n) is 21.4. The second kappa shape index (κ2) is 10.6. The van der Waals surface area contributed by atoms with Crippen molar-refractivity contribution < 1.29 is 23.1 Å². The van der Waals surface area contributed by atoms with Crippen LogP contribution in [0.1, 0.15) is 60.8 Å². The number of nitrogens with zero attached hydrogens (tertiary/aromatic N) is 5. The maximum atomic E-state index is 15.5. The van der Waals surface area contributed by atoms with E-state index in [-0.39, 0.29) is 46.0 Å². The summed E-state index contributed by atoms with van der Waals surface area (Å²) >= 11 is 0. The minimum atomic E-state index is -2.72. The van der Waals surface area contributed by atoms with Crippen LogP contribution in [0, 0.1) is 5.82 Å². The fraction of sp³-hybridized carbons (Fsp3) is 0.333. The number of aliphatic hydroxyl groups excluding tert-OH is 1. The average Bonchev–Trinajstić information content (AvgIpc) is 3.29. The molecule has 0 saturated carbocycles. The molecule has 1 unspecified atom stereocenters. The monoisotopic (exact) mass is 539 g/mol. The van der Waals surface area contributed by atoms with Crippen molar-refractivity contribution in [3.8, 4) is 11.3 Å². The van der Waals surface area contributed by atoms with Crippen LogP contribution in [-0.4, -0.2) is 54.1 Å². The molecule has 0 aliphatic carbocycles. The third-order valence-corrected chi connectivity index (χ3v) is 7.15. The van der Waals surface area contributed by atoms with Crippen molar-refractivity contribution in [2.75, 3.05) is 17.6 Å². The summed E-state index contributed by atoms with van der Waals surface area (Å²) in [5, 5.41) is 12.7. The molecule has 3 atom stereocenters. The summed E-state index contributed by atoms with van der Waals surface area (Å²) in [7, 11) is 0.